The van der Waals surface area contributed by atoms with Crippen molar-refractivity contribution < 1.29 is 4.74 Å². The number of hydrogen-bond donors (Lipinski definition) is 0. The van der Waals surface area contributed by atoms with Gasteiger partial charge in [-0.05, 0) is 38.1 Å². The second kappa shape index (κ2) is 4.17. The first-order chi connectivity index (χ1) is 6.15. The van der Waals surface area contributed by atoms with Gasteiger partial charge in [0.15, 0.2) is 0 Å². The topological polar surface area (TPSA) is 12.5 Å². The lowest BCUT2D eigenvalue weighted by atomic mass is 10.2. The molecule has 72 valence electrons. The van der Waals surface area contributed by atoms with Crippen LogP contribution in [0.5, 0.6) is 5.75 Å². The molecule has 0 amide bonds. The van der Waals surface area contributed by atoms with Crippen LogP contribution < -0.4 is 9.64 Å². The van der Waals surface area contributed by atoms with E-state index in [2.05, 4.69) is 37.9 Å². The first-order valence-electron chi connectivity index (χ1n) is 4.52. The first-order valence-corrected chi connectivity index (χ1v) is 4.52. The van der Waals surface area contributed by atoms with Gasteiger partial charge in [-0.15, -0.1) is 0 Å². The molecule has 0 aliphatic carbocycles. The summed E-state index contributed by atoms with van der Waals surface area (Å²) in [4.78, 5) is 2.22. The van der Waals surface area contributed by atoms with Gasteiger partial charge in [0.05, 0.1) is 7.11 Å². The van der Waals surface area contributed by atoms with Crippen molar-refractivity contribution in [3.05, 3.63) is 24.3 Å². The Balaban J connectivity index is 2.79. The summed E-state index contributed by atoms with van der Waals surface area (Å²) in [7, 11) is 3.77. The van der Waals surface area contributed by atoms with Crippen molar-refractivity contribution in [3.8, 4) is 5.75 Å². The van der Waals surface area contributed by atoms with Crippen LogP contribution in [0.25, 0.3) is 0 Å². The van der Waals surface area contributed by atoms with E-state index >= 15 is 0 Å². The molecular formula is C11H17NO. The lowest BCUT2D eigenvalue weighted by Crippen LogP contribution is -2.25. The van der Waals surface area contributed by atoms with Crippen molar-refractivity contribution >= 4 is 5.69 Å². The average Bonchev–Trinajstić information content (AvgIpc) is 2.17. The molecule has 0 fully saturated rings. The zero-order valence-electron chi connectivity index (χ0n) is 8.74. The highest BCUT2D eigenvalue weighted by Crippen LogP contribution is 2.19. The van der Waals surface area contributed by atoms with Crippen molar-refractivity contribution in [1.29, 1.82) is 0 Å². The van der Waals surface area contributed by atoms with Crippen LogP contribution in [0.15, 0.2) is 24.3 Å². The fourth-order valence-corrected chi connectivity index (χ4v) is 1.12. The molecule has 2 nitrogen and oxygen atoms in total. The molecule has 2 heteroatoms. The van der Waals surface area contributed by atoms with Crippen molar-refractivity contribution in [2.45, 2.75) is 19.9 Å². The summed E-state index contributed by atoms with van der Waals surface area (Å²) in [6.45, 7) is 4.34. The number of hydrogen-bond acceptors (Lipinski definition) is 2. The number of rotatable bonds is 3. The molecule has 1 aromatic carbocycles. The van der Waals surface area contributed by atoms with Gasteiger partial charge in [-0.3, -0.25) is 0 Å². The van der Waals surface area contributed by atoms with Gasteiger partial charge in [0, 0.05) is 18.8 Å². The monoisotopic (exact) mass is 179 g/mol. The van der Waals surface area contributed by atoms with Crippen LogP contribution in [0.2, 0.25) is 0 Å². The minimum Gasteiger partial charge on any atom is -0.497 e. The number of anilines is 1. The van der Waals surface area contributed by atoms with E-state index in [1.807, 2.05) is 12.1 Å². The molecule has 0 atom stereocenters. The van der Waals surface area contributed by atoms with Gasteiger partial charge in [0.25, 0.3) is 0 Å². The molecule has 0 N–H and O–H groups in total. The molecule has 0 radical (unpaired) electrons. The summed E-state index contributed by atoms with van der Waals surface area (Å²) < 4.78 is 5.09. The van der Waals surface area contributed by atoms with Crippen molar-refractivity contribution in [3.63, 3.8) is 0 Å². The lowest BCUT2D eigenvalue weighted by Gasteiger charge is -2.23. The van der Waals surface area contributed by atoms with Crippen molar-refractivity contribution in [2.75, 3.05) is 19.1 Å². The highest BCUT2D eigenvalue weighted by Gasteiger charge is 2.03. The molecule has 0 heterocycles. The summed E-state index contributed by atoms with van der Waals surface area (Å²) in [5.74, 6) is 0.904. The predicted molar refractivity (Wildman–Crippen MR) is 56.5 cm³/mol. The fraction of sp³-hybridized carbons (Fsp3) is 0.455. The third-order valence-corrected chi connectivity index (χ3v) is 2.25. The fourth-order valence-electron chi connectivity index (χ4n) is 1.12. The summed E-state index contributed by atoms with van der Waals surface area (Å²) in [5.41, 5.74) is 1.22. The van der Waals surface area contributed by atoms with Crippen LogP contribution in [-0.4, -0.2) is 20.2 Å². The molecule has 0 spiro atoms. The summed E-state index contributed by atoms with van der Waals surface area (Å²) >= 11 is 0. The normalized spacial score (nSPS) is 10.2. The van der Waals surface area contributed by atoms with Crippen LogP contribution >= 0.6 is 0 Å². The van der Waals surface area contributed by atoms with Crippen molar-refractivity contribution in [2.24, 2.45) is 0 Å². The SMILES string of the molecule is COc1ccc(N(C)C(C)C)cc1. The van der Waals surface area contributed by atoms with E-state index in [0.717, 1.165) is 5.75 Å². The smallest absolute Gasteiger partial charge is 0.119 e. The van der Waals surface area contributed by atoms with Crippen molar-refractivity contribution in [1.82, 2.24) is 0 Å². The highest BCUT2D eigenvalue weighted by molar-refractivity contribution is 5.48. The summed E-state index contributed by atoms with van der Waals surface area (Å²) in [6.07, 6.45) is 0. The second-order valence-corrected chi connectivity index (χ2v) is 3.40. The largest absolute Gasteiger partial charge is 0.497 e. The van der Waals surface area contributed by atoms with Gasteiger partial charge in [-0.1, -0.05) is 0 Å². The maximum atomic E-state index is 5.09. The van der Waals surface area contributed by atoms with E-state index in [-0.39, 0.29) is 0 Å². The van der Waals surface area contributed by atoms with Crippen LogP contribution in [0.3, 0.4) is 0 Å². The molecule has 0 aromatic heterocycles. The molecule has 1 rings (SSSR count). The van der Waals surface area contributed by atoms with Gasteiger partial charge in [-0.25, -0.2) is 0 Å². The predicted octanol–water partition coefficient (Wildman–Crippen LogP) is 2.54. The molecule has 1 aromatic rings. The van der Waals surface area contributed by atoms with E-state index in [0.29, 0.717) is 6.04 Å². The number of benzene rings is 1. The van der Waals surface area contributed by atoms with E-state index < -0.39 is 0 Å². The number of nitrogens with zero attached hydrogens (tertiary/aromatic N) is 1. The van der Waals surface area contributed by atoms with Gasteiger partial charge < -0.3 is 9.64 Å². The Morgan fingerprint density at radius 1 is 1.15 bits per heavy atom. The average molecular weight is 179 g/mol. The third-order valence-electron chi connectivity index (χ3n) is 2.25. The molecule has 0 unspecified atom stereocenters. The Morgan fingerprint density at radius 2 is 1.69 bits per heavy atom. The number of methoxy groups -OCH3 is 1. The Morgan fingerprint density at radius 3 is 2.08 bits per heavy atom. The van der Waals surface area contributed by atoms with Crippen LogP contribution in [0.4, 0.5) is 5.69 Å². The lowest BCUT2D eigenvalue weighted by molar-refractivity contribution is 0.415. The summed E-state index contributed by atoms with van der Waals surface area (Å²) in [5, 5.41) is 0. The van der Waals surface area contributed by atoms with Gasteiger partial charge in [-0.2, -0.15) is 0 Å². The molecule has 0 aliphatic heterocycles. The molecule has 0 bridgehead atoms. The van der Waals surface area contributed by atoms with Gasteiger partial charge in [0.2, 0.25) is 0 Å². The zero-order valence-corrected chi connectivity index (χ0v) is 8.74. The van der Waals surface area contributed by atoms with Crippen LogP contribution in [-0.2, 0) is 0 Å². The van der Waals surface area contributed by atoms with Gasteiger partial charge >= 0.3 is 0 Å². The van der Waals surface area contributed by atoms with E-state index in [9.17, 15) is 0 Å². The molecular weight excluding hydrogens is 162 g/mol. The minimum absolute atomic E-state index is 0.522. The first kappa shape index (κ1) is 9.90. The third kappa shape index (κ3) is 2.38. The van der Waals surface area contributed by atoms with E-state index in [1.54, 1.807) is 7.11 Å². The van der Waals surface area contributed by atoms with E-state index in [1.165, 1.54) is 5.69 Å². The number of ether oxygens (including phenoxy) is 1. The van der Waals surface area contributed by atoms with Crippen LogP contribution in [0.1, 0.15) is 13.8 Å². The van der Waals surface area contributed by atoms with Gasteiger partial charge in [0.1, 0.15) is 5.75 Å². The molecule has 13 heavy (non-hydrogen) atoms. The Hall–Kier alpha value is -1.18. The summed E-state index contributed by atoms with van der Waals surface area (Å²) in [6, 6.07) is 8.62. The molecule has 0 saturated heterocycles. The van der Waals surface area contributed by atoms with Crippen LogP contribution in [0, 0.1) is 0 Å². The quantitative estimate of drug-likeness (QED) is 0.707. The highest BCUT2D eigenvalue weighted by atomic mass is 16.5. The molecule has 0 saturated carbocycles. The molecule has 0 aliphatic rings. The maximum Gasteiger partial charge on any atom is 0.119 e. The van der Waals surface area contributed by atoms with E-state index in [4.69, 9.17) is 4.74 Å². The Labute approximate surface area is 80.1 Å². The Kier molecular flexibility index (Phi) is 3.18. The Bertz CT molecular complexity index is 253. The maximum absolute atomic E-state index is 5.09. The zero-order chi connectivity index (χ0) is 9.84. The standard InChI is InChI=1S/C11H17NO/c1-9(2)12(3)10-5-7-11(13-4)8-6-10/h5-9H,1-4H3. The second-order valence-electron chi connectivity index (χ2n) is 3.40. The minimum atomic E-state index is 0.522.